The number of hydrogen-bond donors (Lipinski definition) is 1. The maximum absolute atomic E-state index is 3.60. The predicted octanol–water partition coefficient (Wildman–Crippen LogP) is 3.79. The second-order valence-electron chi connectivity index (χ2n) is 5.79. The first-order valence-electron chi connectivity index (χ1n) is 6.99. The molecule has 1 fully saturated rings. The molecule has 17 heavy (non-hydrogen) atoms. The van der Waals surface area contributed by atoms with Crippen LogP contribution in [0.3, 0.4) is 0 Å². The van der Waals surface area contributed by atoms with Gasteiger partial charge in [-0.05, 0) is 49.6 Å². The highest BCUT2D eigenvalue weighted by Crippen LogP contribution is 2.41. The number of hydrogen-bond acceptors (Lipinski definition) is 1. The van der Waals surface area contributed by atoms with Gasteiger partial charge in [-0.1, -0.05) is 44.2 Å². The van der Waals surface area contributed by atoms with E-state index in [9.17, 15) is 0 Å². The summed E-state index contributed by atoms with van der Waals surface area (Å²) in [5.74, 6) is 0. The fourth-order valence-electron chi connectivity index (χ4n) is 3.10. The Balaban J connectivity index is 1.83. The van der Waals surface area contributed by atoms with Gasteiger partial charge in [-0.3, -0.25) is 0 Å². The van der Waals surface area contributed by atoms with Gasteiger partial charge in [0.25, 0.3) is 0 Å². The first-order chi connectivity index (χ1) is 8.22. The SMILES string of the molecule is CCNC1CCC(C)(CCc2ccccc2)C1. The standard InChI is InChI=1S/C16H25N/c1-3-17-15-10-12-16(2,13-15)11-9-14-7-5-4-6-8-14/h4-8,15,17H,3,9-13H2,1-2H3. The molecule has 2 unspecified atom stereocenters. The van der Waals surface area contributed by atoms with Crippen LogP contribution >= 0.6 is 0 Å². The molecule has 0 aromatic heterocycles. The predicted molar refractivity (Wildman–Crippen MR) is 74.2 cm³/mol. The van der Waals surface area contributed by atoms with E-state index in [1.54, 1.807) is 0 Å². The van der Waals surface area contributed by atoms with Crippen LogP contribution in [-0.2, 0) is 6.42 Å². The monoisotopic (exact) mass is 231 g/mol. The fraction of sp³-hybridized carbons (Fsp3) is 0.625. The molecule has 0 radical (unpaired) electrons. The number of rotatable bonds is 5. The van der Waals surface area contributed by atoms with Crippen LogP contribution in [-0.4, -0.2) is 12.6 Å². The van der Waals surface area contributed by atoms with Crippen LogP contribution in [0.2, 0.25) is 0 Å². The summed E-state index contributed by atoms with van der Waals surface area (Å²) < 4.78 is 0. The molecule has 1 aliphatic carbocycles. The minimum Gasteiger partial charge on any atom is -0.314 e. The summed E-state index contributed by atoms with van der Waals surface area (Å²) in [6, 6.07) is 11.7. The molecule has 0 heterocycles. The van der Waals surface area contributed by atoms with Crippen molar-refractivity contribution in [1.82, 2.24) is 5.32 Å². The zero-order chi connectivity index (χ0) is 12.1. The normalized spacial score (nSPS) is 28.5. The molecule has 2 atom stereocenters. The van der Waals surface area contributed by atoms with Crippen molar-refractivity contribution >= 4 is 0 Å². The highest BCUT2D eigenvalue weighted by atomic mass is 14.9. The first kappa shape index (κ1) is 12.6. The van der Waals surface area contributed by atoms with E-state index in [4.69, 9.17) is 0 Å². The quantitative estimate of drug-likeness (QED) is 0.813. The largest absolute Gasteiger partial charge is 0.314 e. The highest BCUT2D eigenvalue weighted by Gasteiger charge is 2.33. The third-order valence-corrected chi connectivity index (χ3v) is 4.19. The molecule has 0 amide bonds. The van der Waals surface area contributed by atoms with E-state index in [0.717, 1.165) is 12.6 Å². The van der Waals surface area contributed by atoms with Crippen LogP contribution in [0.5, 0.6) is 0 Å². The Bertz CT molecular complexity index is 333. The van der Waals surface area contributed by atoms with E-state index < -0.39 is 0 Å². The van der Waals surface area contributed by atoms with E-state index in [-0.39, 0.29) is 0 Å². The van der Waals surface area contributed by atoms with Crippen molar-refractivity contribution in [2.75, 3.05) is 6.54 Å². The maximum Gasteiger partial charge on any atom is 0.00723 e. The summed E-state index contributed by atoms with van der Waals surface area (Å²) in [6.45, 7) is 5.78. The molecule has 0 bridgehead atoms. The van der Waals surface area contributed by atoms with Crippen LogP contribution in [0.15, 0.2) is 30.3 Å². The van der Waals surface area contributed by atoms with Crippen molar-refractivity contribution in [2.24, 2.45) is 5.41 Å². The van der Waals surface area contributed by atoms with E-state index in [2.05, 4.69) is 49.5 Å². The van der Waals surface area contributed by atoms with Crippen molar-refractivity contribution in [1.29, 1.82) is 0 Å². The van der Waals surface area contributed by atoms with E-state index in [0.29, 0.717) is 5.41 Å². The lowest BCUT2D eigenvalue weighted by Crippen LogP contribution is -2.27. The van der Waals surface area contributed by atoms with E-state index in [1.807, 2.05) is 0 Å². The molecule has 1 aliphatic rings. The van der Waals surface area contributed by atoms with Gasteiger partial charge in [0.15, 0.2) is 0 Å². The minimum atomic E-state index is 0.558. The average molecular weight is 231 g/mol. The summed E-state index contributed by atoms with van der Waals surface area (Å²) in [5, 5.41) is 3.60. The van der Waals surface area contributed by atoms with Gasteiger partial charge in [0, 0.05) is 6.04 Å². The lowest BCUT2D eigenvalue weighted by molar-refractivity contribution is 0.298. The number of nitrogens with one attached hydrogen (secondary N) is 1. The Morgan fingerprint density at radius 3 is 2.76 bits per heavy atom. The van der Waals surface area contributed by atoms with Gasteiger partial charge in [0.05, 0.1) is 0 Å². The molecule has 1 N–H and O–H groups in total. The van der Waals surface area contributed by atoms with Crippen LogP contribution in [0, 0.1) is 5.41 Å². The second kappa shape index (κ2) is 5.68. The van der Waals surface area contributed by atoms with Gasteiger partial charge in [0.1, 0.15) is 0 Å². The summed E-state index contributed by atoms with van der Waals surface area (Å²) in [5.41, 5.74) is 2.04. The van der Waals surface area contributed by atoms with Crippen molar-refractivity contribution in [3.63, 3.8) is 0 Å². The van der Waals surface area contributed by atoms with Crippen molar-refractivity contribution in [3.8, 4) is 0 Å². The molecular weight excluding hydrogens is 206 g/mol. The topological polar surface area (TPSA) is 12.0 Å². The van der Waals surface area contributed by atoms with Crippen LogP contribution in [0.4, 0.5) is 0 Å². The summed E-state index contributed by atoms with van der Waals surface area (Å²) in [7, 11) is 0. The number of benzene rings is 1. The molecule has 94 valence electrons. The Kier molecular flexibility index (Phi) is 4.22. The molecule has 2 rings (SSSR count). The minimum absolute atomic E-state index is 0.558. The van der Waals surface area contributed by atoms with Gasteiger partial charge in [-0.2, -0.15) is 0 Å². The molecule has 0 aliphatic heterocycles. The molecule has 1 heteroatoms. The van der Waals surface area contributed by atoms with Crippen LogP contribution in [0.25, 0.3) is 0 Å². The Hall–Kier alpha value is -0.820. The lowest BCUT2D eigenvalue weighted by Gasteiger charge is -2.24. The maximum atomic E-state index is 3.60. The van der Waals surface area contributed by atoms with Crippen molar-refractivity contribution in [3.05, 3.63) is 35.9 Å². The zero-order valence-electron chi connectivity index (χ0n) is 11.2. The molecule has 0 saturated heterocycles. The van der Waals surface area contributed by atoms with Crippen LogP contribution in [0.1, 0.15) is 45.1 Å². The van der Waals surface area contributed by atoms with Gasteiger partial charge >= 0.3 is 0 Å². The summed E-state index contributed by atoms with van der Waals surface area (Å²) in [4.78, 5) is 0. The molecular formula is C16H25N. The Labute approximate surface area is 106 Å². The van der Waals surface area contributed by atoms with Gasteiger partial charge < -0.3 is 5.32 Å². The van der Waals surface area contributed by atoms with Gasteiger partial charge in [-0.15, -0.1) is 0 Å². The fourth-order valence-corrected chi connectivity index (χ4v) is 3.10. The zero-order valence-corrected chi connectivity index (χ0v) is 11.2. The summed E-state index contributed by atoms with van der Waals surface area (Å²) in [6.07, 6.45) is 6.67. The molecule has 1 aromatic rings. The first-order valence-corrected chi connectivity index (χ1v) is 6.99. The van der Waals surface area contributed by atoms with Gasteiger partial charge in [-0.25, -0.2) is 0 Å². The highest BCUT2D eigenvalue weighted by molar-refractivity contribution is 5.15. The molecule has 1 saturated carbocycles. The average Bonchev–Trinajstić information content (AvgIpc) is 2.71. The van der Waals surface area contributed by atoms with Crippen molar-refractivity contribution in [2.45, 2.75) is 52.0 Å². The Morgan fingerprint density at radius 1 is 1.29 bits per heavy atom. The molecule has 1 aromatic carbocycles. The number of aryl methyl sites for hydroxylation is 1. The lowest BCUT2D eigenvalue weighted by atomic mass is 9.82. The summed E-state index contributed by atoms with van der Waals surface area (Å²) >= 11 is 0. The smallest absolute Gasteiger partial charge is 0.00723 e. The molecule has 1 nitrogen and oxygen atoms in total. The second-order valence-corrected chi connectivity index (χ2v) is 5.79. The third kappa shape index (κ3) is 3.57. The van der Waals surface area contributed by atoms with Crippen molar-refractivity contribution < 1.29 is 0 Å². The van der Waals surface area contributed by atoms with E-state index in [1.165, 1.54) is 37.7 Å². The van der Waals surface area contributed by atoms with E-state index >= 15 is 0 Å². The van der Waals surface area contributed by atoms with Gasteiger partial charge in [0.2, 0.25) is 0 Å². The van der Waals surface area contributed by atoms with Crippen LogP contribution < -0.4 is 5.32 Å². The third-order valence-electron chi connectivity index (χ3n) is 4.19. The molecule has 0 spiro atoms. The Morgan fingerprint density at radius 2 is 2.06 bits per heavy atom.